The van der Waals surface area contributed by atoms with Crippen molar-refractivity contribution < 1.29 is 19.5 Å². The summed E-state index contributed by atoms with van der Waals surface area (Å²) in [5.74, 6) is -2.69. The molecule has 4 rings (SSSR count). The molecule has 1 aliphatic carbocycles. The normalized spacial score (nSPS) is 23.9. The molecular formula is C19H18N2O4. The number of allylic oxidation sites excluding steroid dienone is 2. The topological polar surface area (TPSA) is 90.5 Å². The van der Waals surface area contributed by atoms with Gasteiger partial charge in [-0.3, -0.25) is 14.5 Å². The fourth-order valence-electron chi connectivity index (χ4n) is 3.93. The number of para-hydroxylation sites is 1. The Morgan fingerprint density at radius 1 is 1.16 bits per heavy atom. The van der Waals surface area contributed by atoms with Crippen LogP contribution in [0.3, 0.4) is 0 Å². The number of aliphatic carboxylic acids is 1. The standard InChI is InChI=1S/C19H18N2O4/c22-17-13-6-1-2-7-14(13)18(23)21(17)16(19(24)25)9-11-10-20-15-8-4-3-5-12(11)15/h1-5,8,10,13-14,16,20H,6-7,9H2,(H,24,25)/t13-,14+,16-/m1/s1. The minimum absolute atomic E-state index is 0.101. The number of aromatic nitrogens is 1. The Labute approximate surface area is 144 Å². The maximum absolute atomic E-state index is 12.7. The lowest BCUT2D eigenvalue weighted by molar-refractivity contribution is -0.155. The molecule has 0 radical (unpaired) electrons. The maximum atomic E-state index is 12.7. The third-order valence-electron chi connectivity index (χ3n) is 5.23. The lowest BCUT2D eigenvalue weighted by atomic mass is 9.85. The number of hydrogen-bond acceptors (Lipinski definition) is 3. The molecule has 2 aliphatic rings. The number of carbonyl (C=O) groups is 3. The molecule has 6 nitrogen and oxygen atoms in total. The van der Waals surface area contributed by atoms with Gasteiger partial charge in [0.1, 0.15) is 6.04 Å². The number of carbonyl (C=O) groups excluding carboxylic acids is 2. The minimum Gasteiger partial charge on any atom is -0.480 e. The van der Waals surface area contributed by atoms with Crippen LogP contribution in [0.1, 0.15) is 18.4 Å². The van der Waals surface area contributed by atoms with Gasteiger partial charge in [0.15, 0.2) is 0 Å². The summed E-state index contributed by atoms with van der Waals surface area (Å²) >= 11 is 0. The highest BCUT2D eigenvalue weighted by atomic mass is 16.4. The molecule has 2 heterocycles. The number of H-pyrrole nitrogens is 1. The zero-order valence-corrected chi connectivity index (χ0v) is 13.5. The SMILES string of the molecule is O=C(O)[C@@H](Cc1c[nH]c2ccccc12)N1C(=O)[C@H]2CC=CC[C@H]2C1=O. The van der Waals surface area contributed by atoms with Crippen molar-refractivity contribution >= 4 is 28.7 Å². The second kappa shape index (κ2) is 5.88. The quantitative estimate of drug-likeness (QED) is 0.660. The monoisotopic (exact) mass is 338 g/mol. The second-order valence-corrected chi connectivity index (χ2v) is 6.62. The van der Waals surface area contributed by atoms with Crippen LogP contribution in [0.5, 0.6) is 0 Å². The van der Waals surface area contributed by atoms with Crippen molar-refractivity contribution in [2.24, 2.45) is 11.8 Å². The molecule has 3 atom stereocenters. The highest BCUT2D eigenvalue weighted by molar-refractivity contribution is 6.08. The van der Waals surface area contributed by atoms with Gasteiger partial charge < -0.3 is 10.1 Å². The van der Waals surface area contributed by atoms with Crippen LogP contribution in [0, 0.1) is 11.8 Å². The van der Waals surface area contributed by atoms with Crippen LogP contribution >= 0.6 is 0 Å². The van der Waals surface area contributed by atoms with Crippen LogP contribution in [0.4, 0.5) is 0 Å². The maximum Gasteiger partial charge on any atom is 0.327 e. The van der Waals surface area contributed by atoms with Crippen LogP contribution in [0.2, 0.25) is 0 Å². The van der Waals surface area contributed by atoms with E-state index in [4.69, 9.17) is 0 Å². The van der Waals surface area contributed by atoms with E-state index >= 15 is 0 Å². The lowest BCUT2D eigenvalue weighted by Gasteiger charge is -2.23. The number of fused-ring (bicyclic) bond motifs is 2. The predicted octanol–water partition coefficient (Wildman–Crippen LogP) is 2.11. The number of likely N-dealkylation sites (tertiary alicyclic amines) is 1. The summed E-state index contributed by atoms with van der Waals surface area (Å²) in [6.07, 6.45) is 6.65. The molecule has 2 amide bonds. The predicted molar refractivity (Wildman–Crippen MR) is 90.6 cm³/mol. The van der Waals surface area contributed by atoms with E-state index < -0.39 is 23.8 Å². The van der Waals surface area contributed by atoms with Gasteiger partial charge in [0, 0.05) is 23.5 Å². The van der Waals surface area contributed by atoms with E-state index in [1.807, 2.05) is 36.4 Å². The number of hydrogen-bond donors (Lipinski definition) is 2. The van der Waals surface area contributed by atoms with Gasteiger partial charge in [-0.05, 0) is 24.5 Å². The van der Waals surface area contributed by atoms with Crippen molar-refractivity contribution in [2.45, 2.75) is 25.3 Å². The molecule has 6 heteroatoms. The van der Waals surface area contributed by atoms with E-state index in [2.05, 4.69) is 4.98 Å². The number of benzene rings is 1. The van der Waals surface area contributed by atoms with Gasteiger partial charge >= 0.3 is 5.97 Å². The van der Waals surface area contributed by atoms with Crippen LogP contribution < -0.4 is 0 Å². The third kappa shape index (κ3) is 2.45. The molecule has 1 fully saturated rings. The average molecular weight is 338 g/mol. The highest BCUT2D eigenvalue weighted by Gasteiger charge is 2.51. The largest absolute Gasteiger partial charge is 0.480 e. The van der Waals surface area contributed by atoms with Gasteiger partial charge in [0.2, 0.25) is 11.8 Å². The Morgan fingerprint density at radius 3 is 2.44 bits per heavy atom. The summed E-state index contributed by atoms with van der Waals surface area (Å²) in [7, 11) is 0. The number of carboxylic acid groups (broad SMARTS) is 1. The molecule has 128 valence electrons. The Bertz CT molecular complexity index is 872. The number of nitrogens with zero attached hydrogens (tertiary/aromatic N) is 1. The first kappa shape index (κ1) is 15.6. The van der Waals surface area contributed by atoms with Gasteiger partial charge in [-0.1, -0.05) is 30.4 Å². The first-order valence-corrected chi connectivity index (χ1v) is 8.37. The lowest BCUT2D eigenvalue weighted by Crippen LogP contribution is -2.46. The number of carboxylic acids is 1. The number of nitrogens with one attached hydrogen (secondary N) is 1. The van der Waals surface area contributed by atoms with Crippen molar-refractivity contribution in [3.8, 4) is 0 Å². The molecule has 0 saturated carbocycles. The molecule has 1 saturated heterocycles. The summed E-state index contributed by atoms with van der Waals surface area (Å²) in [5, 5.41) is 10.6. The first-order valence-electron chi connectivity index (χ1n) is 8.37. The minimum atomic E-state index is -1.18. The van der Waals surface area contributed by atoms with Gasteiger partial charge in [0.05, 0.1) is 11.8 Å². The number of rotatable bonds is 4. The van der Waals surface area contributed by atoms with Crippen LogP contribution in [0.25, 0.3) is 10.9 Å². The Balaban J connectivity index is 1.67. The Morgan fingerprint density at radius 2 is 1.80 bits per heavy atom. The van der Waals surface area contributed by atoms with Gasteiger partial charge in [-0.15, -0.1) is 0 Å². The van der Waals surface area contributed by atoms with Crippen molar-refractivity contribution in [1.82, 2.24) is 9.88 Å². The van der Waals surface area contributed by atoms with Gasteiger partial charge in [-0.25, -0.2) is 4.79 Å². The molecular weight excluding hydrogens is 320 g/mol. The number of imide groups is 1. The molecule has 0 unspecified atom stereocenters. The van der Waals surface area contributed by atoms with Crippen molar-refractivity contribution in [3.63, 3.8) is 0 Å². The Hall–Kier alpha value is -2.89. The average Bonchev–Trinajstić information content (AvgIpc) is 3.13. The second-order valence-electron chi connectivity index (χ2n) is 6.62. The van der Waals surface area contributed by atoms with Crippen molar-refractivity contribution in [3.05, 3.63) is 48.2 Å². The zero-order valence-electron chi connectivity index (χ0n) is 13.5. The molecule has 2 aromatic rings. The summed E-state index contributed by atoms with van der Waals surface area (Å²) in [6, 6.07) is 6.40. The first-order chi connectivity index (χ1) is 12.1. The fraction of sp³-hybridized carbons (Fsp3) is 0.316. The summed E-state index contributed by atoms with van der Waals surface area (Å²) < 4.78 is 0. The van der Waals surface area contributed by atoms with Gasteiger partial charge in [0.25, 0.3) is 0 Å². The summed E-state index contributed by atoms with van der Waals surface area (Å²) in [5.41, 5.74) is 1.69. The molecule has 1 aromatic heterocycles. The van der Waals surface area contributed by atoms with Gasteiger partial charge in [-0.2, -0.15) is 0 Å². The molecule has 1 aromatic carbocycles. The third-order valence-corrected chi connectivity index (χ3v) is 5.23. The van der Waals surface area contributed by atoms with E-state index in [0.717, 1.165) is 21.4 Å². The smallest absolute Gasteiger partial charge is 0.327 e. The number of aromatic amines is 1. The summed E-state index contributed by atoms with van der Waals surface area (Å²) in [4.78, 5) is 41.3. The molecule has 2 N–H and O–H groups in total. The zero-order chi connectivity index (χ0) is 17.6. The van der Waals surface area contributed by atoms with Crippen molar-refractivity contribution in [1.29, 1.82) is 0 Å². The van der Waals surface area contributed by atoms with Crippen LogP contribution in [-0.2, 0) is 20.8 Å². The highest BCUT2D eigenvalue weighted by Crippen LogP contribution is 2.37. The molecule has 0 bridgehead atoms. The van der Waals surface area contributed by atoms with Crippen LogP contribution in [0.15, 0.2) is 42.6 Å². The van der Waals surface area contributed by atoms with Crippen molar-refractivity contribution in [2.75, 3.05) is 0 Å². The molecule has 1 aliphatic heterocycles. The van der Waals surface area contributed by atoms with E-state index in [9.17, 15) is 19.5 Å². The van der Waals surface area contributed by atoms with Crippen LogP contribution in [-0.4, -0.2) is 38.8 Å². The molecule has 0 spiro atoms. The van der Waals surface area contributed by atoms with E-state index in [1.165, 1.54) is 0 Å². The van der Waals surface area contributed by atoms with E-state index in [1.54, 1.807) is 6.20 Å². The number of amides is 2. The summed E-state index contributed by atoms with van der Waals surface area (Å²) in [6.45, 7) is 0. The molecule has 25 heavy (non-hydrogen) atoms. The van der Waals surface area contributed by atoms with E-state index in [0.29, 0.717) is 12.8 Å². The Kier molecular flexibility index (Phi) is 3.67. The van der Waals surface area contributed by atoms with E-state index in [-0.39, 0.29) is 18.2 Å². The fourth-order valence-corrected chi connectivity index (χ4v) is 3.93.